The summed E-state index contributed by atoms with van der Waals surface area (Å²) in [4.78, 5) is 35.7. The van der Waals surface area contributed by atoms with Crippen LogP contribution in [-0.4, -0.2) is 39.2 Å². The quantitative estimate of drug-likeness (QED) is 0.264. The minimum absolute atomic E-state index is 0.108. The van der Waals surface area contributed by atoms with Crippen LogP contribution < -0.4 is 0 Å². The summed E-state index contributed by atoms with van der Waals surface area (Å²) in [7, 11) is 0. The lowest BCUT2D eigenvalue weighted by Crippen LogP contribution is -2.34. The van der Waals surface area contributed by atoms with E-state index in [1.165, 1.54) is 18.2 Å². The Hall–Kier alpha value is -2.26. The van der Waals surface area contributed by atoms with E-state index in [1.807, 2.05) is 0 Å². The van der Waals surface area contributed by atoms with Crippen LogP contribution in [0.2, 0.25) is 0 Å². The van der Waals surface area contributed by atoms with Gasteiger partial charge in [0.05, 0.1) is 22.0 Å². The van der Waals surface area contributed by atoms with Gasteiger partial charge in [-0.15, -0.1) is 0 Å². The van der Waals surface area contributed by atoms with Gasteiger partial charge in [-0.2, -0.15) is 0 Å². The van der Waals surface area contributed by atoms with Gasteiger partial charge in [-0.05, 0) is 19.1 Å². The summed E-state index contributed by atoms with van der Waals surface area (Å²) in [6.45, 7) is 1.60. The molecule has 0 atom stereocenters. The van der Waals surface area contributed by atoms with Crippen LogP contribution in [-0.2, 0) is 14.3 Å². The van der Waals surface area contributed by atoms with Crippen molar-refractivity contribution in [1.29, 1.82) is 0 Å². The van der Waals surface area contributed by atoms with Gasteiger partial charge in [0.1, 0.15) is 10.9 Å². The molecule has 1 aliphatic heterocycles. The molecule has 0 N–H and O–H groups in total. The average molecular weight is 352 g/mol. The molecular formula is C14H12N2O5S2. The van der Waals surface area contributed by atoms with Crippen LogP contribution in [0.3, 0.4) is 0 Å². The Balaban J connectivity index is 2.26. The van der Waals surface area contributed by atoms with Crippen molar-refractivity contribution in [2.45, 2.75) is 6.92 Å². The third kappa shape index (κ3) is 3.93. The Bertz CT molecular complexity index is 717. The lowest BCUT2D eigenvalue weighted by Gasteiger charge is -2.12. The Morgan fingerprint density at radius 1 is 1.48 bits per heavy atom. The third-order valence-corrected chi connectivity index (χ3v) is 4.26. The van der Waals surface area contributed by atoms with E-state index >= 15 is 0 Å². The lowest BCUT2D eigenvalue weighted by molar-refractivity contribution is -0.385. The molecule has 23 heavy (non-hydrogen) atoms. The molecule has 0 bridgehead atoms. The molecule has 0 spiro atoms. The molecule has 7 nitrogen and oxygen atoms in total. The van der Waals surface area contributed by atoms with Crippen LogP contribution in [0.25, 0.3) is 6.08 Å². The summed E-state index contributed by atoms with van der Waals surface area (Å²) in [5, 5.41) is 11.0. The van der Waals surface area contributed by atoms with Crippen molar-refractivity contribution < 1.29 is 19.2 Å². The van der Waals surface area contributed by atoms with Crippen LogP contribution in [0.15, 0.2) is 29.2 Å². The first kappa shape index (κ1) is 17.1. The fourth-order valence-corrected chi connectivity index (χ4v) is 3.14. The number of nitrogens with zero attached hydrogens (tertiary/aromatic N) is 2. The highest BCUT2D eigenvalue weighted by molar-refractivity contribution is 8.26. The highest BCUT2D eigenvalue weighted by atomic mass is 32.2. The zero-order valence-corrected chi connectivity index (χ0v) is 13.7. The summed E-state index contributed by atoms with van der Waals surface area (Å²) < 4.78 is 5.01. The SMILES string of the molecule is CCOC(=O)CN1C(=O)/C(=C/c2ccccc2[N+](=O)[O-])SC1=S. The number of rotatable bonds is 5. The lowest BCUT2D eigenvalue weighted by atomic mass is 10.1. The van der Waals surface area contributed by atoms with Crippen molar-refractivity contribution in [3.8, 4) is 0 Å². The van der Waals surface area contributed by atoms with Crippen molar-refractivity contribution in [2.24, 2.45) is 0 Å². The first-order chi connectivity index (χ1) is 10.9. The number of esters is 1. The second kappa shape index (κ2) is 7.34. The molecule has 1 saturated heterocycles. The van der Waals surface area contributed by atoms with E-state index < -0.39 is 16.8 Å². The molecule has 0 unspecified atom stereocenters. The number of hydrogen-bond acceptors (Lipinski definition) is 7. The van der Waals surface area contributed by atoms with Gasteiger partial charge in [-0.25, -0.2) is 0 Å². The number of nitro groups is 1. The van der Waals surface area contributed by atoms with E-state index in [2.05, 4.69) is 0 Å². The van der Waals surface area contributed by atoms with Crippen LogP contribution in [0.1, 0.15) is 12.5 Å². The Morgan fingerprint density at radius 2 is 2.17 bits per heavy atom. The molecule has 1 fully saturated rings. The molecule has 0 aliphatic carbocycles. The first-order valence-corrected chi connectivity index (χ1v) is 7.81. The molecular weight excluding hydrogens is 340 g/mol. The molecule has 0 saturated carbocycles. The first-order valence-electron chi connectivity index (χ1n) is 6.58. The second-order valence-corrected chi connectivity index (χ2v) is 6.06. The molecule has 1 aromatic carbocycles. The Morgan fingerprint density at radius 3 is 2.83 bits per heavy atom. The summed E-state index contributed by atoms with van der Waals surface area (Å²) >= 11 is 6.08. The smallest absolute Gasteiger partial charge is 0.326 e. The number of carbonyl (C=O) groups is 2. The molecule has 0 radical (unpaired) electrons. The predicted octanol–water partition coefficient (Wildman–Crippen LogP) is 2.36. The Kier molecular flexibility index (Phi) is 5.45. The number of ether oxygens (including phenoxy) is 1. The van der Waals surface area contributed by atoms with Crippen molar-refractivity contribution in [2.75, 3.05) is 13.2 Å². The third-order valence-electron chi connectivity index (χ3n) is 2.89. The number of amides is 1. The maximum atomic E-state index is 12.3. The summed E-state index contributed by atoms with van der Waals surface area (Å²) in [5.41, 5.74) is 0.192. The molecule has 2 rings (SSSR count). The minimum Gasteiger partial charge on any atom is -0.465 e. The van der Waals surface area contributed by atoms with Gasteiger partial charge in [0.25, 0.3) is 11.6 Å². The zero-order valence-electron chi connectivity index (χ0n) is 12.1. The van der Waals surface area contributed by atoms with Gasteiger partial charge in [0.2, 0.25) is 0 Å². The van der Waals surface area contributed by atoms with Gasteiger partial charge >= 0.3 is 5.97 Å². The van der Waals surface area contributed by atoms with Gasteiger partial charge in [0, 0.05) is 6.07 Å². The molecule has 1 aliphatic rings. The molecule has 1 amide bonds. The number of thiocarbonyl (C=S) groups is 1. The van der Waals surface area contributed by atoms with E-state index in [9.17, 15) is 19.7 Å². The van der Waals surface area contributed by atoms with Gasteiger partial charge < -0.3 is 4.74 Å². The summed E-state index contributed by atoms with van der Waals surface area (Å²) in [6.07, 6.45) is 1.41. The normalized spacial score (nSPS) is 16.0. The zero-order chi connectivity index (χ0) is 17.0. The number of nitro benzene ring substituents is 1. The van der Waals surface area contributed by atoms with E-state index in [1.54, 1.807) is 19.1 Å². The highest BCUT2D eigenvalue weighted by Gasteiger charge is 2.34. The van der Waals surface area contributed by atoms with Crippen LogP contribution in [0.4, 0.5) is 5.69 Å². The number of para-hydroxylation sites is 1. The topological polar surface area (TPSA) is 89.8 Å². The predicted molar refractivity (Wildman–Crippen MR) is 89.6 cm³/mol. The number of carbonyl (C=O) groups excluding carboxylic acids is 2. The number of thioether (sulfide) groups is 1. The maximum Gasteiger partial charge on any atom is 0.326 e. The van der Waals surface area contributed by atoms with Crippen LogP contribution in [0.5, 0.6) is 0 Å². The molecule has 9 heteroatoms. The van der Waals surface area contributed by atoms with E-state index in [4.69, 9.17) is 17.0 Å². The van der Waals surface area contributed by atoms with Crippen molar-refractivity contribution in [3.63, 3.8) is 0 Å². The summed E-state index contributed by atoms with van der Waals surface area (Å²) in [6, 6.07) is 6.07. The molecule has 0 aromatic heterocycles. The second-order valence-electron chi connectivity index (χ2n) is 4.39. The van der Waals surface area contributed by atoms with Crippen molar-refractivity contribution in [3.05, 3.63) is 44.8 Å². The van der Waals surface area contributed by atoms with Gasteiger partial charge in [0.15, 0.2) is 0 Å². The summed E-state index contributed by atoms with van der Waals surface area (Å²) in [5.74, 6) is -1.03. The standard InChI is InChI=1S/C14H12N2O5S2/c1-2-21-12(17)8-15-13(18)11(23-14(15)22)7-9-5-3-4-6-10(9)16(19)20/h3-7H,2,8H2,1H3/b11-7-. The maximum absolute atomic E-state index is 12.3. The highest BCUT2D eigenvalue weighted by Crippen LogP contribution is 2.34. The van der Waals surface area contributed by atoms with Crippen LogP contribution in [0, 0.1) is 10.1 Å². The van der Waals surface area contributed by atoms with Gasteiger partial charge in [-0.1, -0.05) is 36.1 Å². The van der Waals surface area contributed by atoms with Crippen LogP contribution >= 0.6 is 24.0 Å². The fourth-order valence-electron chi connectivity index (χ4n) is 1.89. The monoisotopic (exact) mass is 352 g/mol. The largest absolute Gasteiger partial charge is 0.465 e. The molecule has 1 heterocycles. The Labute approximate surface area is 141 Å². The van der Waals surface area contributed by atoms with Crippen molar-refractivity contribution >= 4 is 51.9 Å². The minimum atomic E-state index is -0.559. The van der Waals surface area contributed by atoms with E-state index in [0.717, 1.165) is 16.7 Å². The van der Waals surface area contributed by atoms with E-state index in [0.29, 0.717) is 5.56 Å². The van der Waals surface area contributed by atoms with Gasteiger partial charge in [-0.3, -0.25) is 24.6 Å². The van der Waals surface area contributed by atoms with Crippen molar-refractivity contribution in [1.82, 2.24) is 4.90 Å². The molecule has 120 valence electrons. The number of hydrogen-bond donors (Lipinski definition) is 0. The molecule has 1 aromatic rings. The number of benzene rings is 1. The average Bonchev–Trinajstić information content (AvgIpc) is 2.75. The fraction of sp³-hybridized carbons (Fsp3) is 0.214. The van der Waals surface area contributed by atoms with E-state index in [-0.39, 0.29) is 28.1 Å².